The van der Waals surface area contributed by atoms with Gasteiger partial charge < -0.3 is 8.98 Å². The average molecular weight is 332 g/mol. The van der Waals surface area contributed by atoms with Gasteiger partial charge >= 0.3 is 0 Å². The van der Waals surface area contributed by atoms with Crippen LogP contribution in [0.25, 0.3) is 22.5 Å². The van der Waals surface area contributed by atoms with Crippen LogP contribution < -0.4 is 0 Å². The number of hydrogen-bond donors (Lipinski definition) is 0. The second-order valence-corrected chi connectivity index (χ2v) is 7.53. The van der Waals surface area contributed by atoms with Gasteiger partial charge in [-0.15, -0.1) is 0 Å². The molecule has 0 atom stereocenters. The van der Waals surface area contributed by atoms with Crippen molar-refractivity contribution in [2.24, 2.45) is 0 Å². The largest absolute Gasteiger partial charge is 0.441 e. The van der Waals surface area contributed by atoms with Crippen LogP contribution in [0.3, 0.4) is 0 Å². The predicted octanol–water partition coefficient (Wildman–Crippen LogP) is 5.53. The van der Waals surface area contributed by atoms with Crippen LogP contribution in [0, 0.1) is 6.92 Å². The molecule has 0 unspecified atom stereocenters. The molecule has 0 radical (unpaired) electrons. The third kappa shape index (κ3) is 2.65. The fraction of sp³-hybridized carbons (Fsp3) is 0.444. The fourth-order valence-electron chi connectivity index (χ4n) is 2.96. The summed E-state index contributed by atoms with van der Waals surface area (Å²) in [6.45, 7) is 12.5. The van der Waals surface area contributed by atoms with Crippen molar-refractivity contribution in [3.8, 4) is 11.5 Å². The third-order valence-corrected chi connectivity index (χ3v) is 4.20. The van der Waals surface area contributed by atoms with E-state index >= 15 is 0 Å². The minimum Gasteiger partial charge on any atom is -0.441 e. The predicted molar refractivity (Wildman–Crippen MR) is 94.1 cm³/mol. The highest BCUT2D eigenvalue weighted by atomic mass is 35.5. The number of oxazole rings is 1. The van der Waals surface area contributed by atoms with Crippen molar-refractivity contribution in [3.05, 3.63) is 34.9 Å². The second kappa shape index (κ2) is 5.38. The minimum atomic E-state index is -0.0608. The van der Waals surface area contributed by atoms with Crippen LogP contribution in [-0.2, 0) is 5.41 Å². The molecule has 0 fully saturated rings. The van der Waals surface area contributed by atoms with Crippen LogP contribution in [0.15, 0.2) is 22.6 Å². The molecule has 1 aromatic carbocycles. The van der Waals surface area contributed by atoms with Crippen molar-refractivity contribution in [3.63, 3.8) is 0 Å². The van der Waals surface area contributed by atoms with Crippen molar-refractivity contribution < 1.29 is 4.42 Å². The quantitative estimate of drug-likeness (QED) is 0.620. The Kier molecular flexibility index (Phi) is 3.75. The Hall–Kier alpha value is -1.81. The maximum absolute atomic E-state index is 6.33. The van der Waals surface area contributed by atoms with Gasteiger partial charge in [0.1, 0.15) is 11.3 Å². The van der Waals surface area contributed by atoms with Crippen molar-refractivity contribution in [2.75, 3.05) is 0 Å². The summed E-state index contributed by atoms with van der Waals surface area (Å²) in [5, 5.41) is 0.488. The van der Waals surface area contributed by atoms with E-state index in [0.717, 1.165) is 28.1 Å². The van der Waals surface area contributed by atoms with Gasteiger partial charge in [-0.2, -0.15) is 0 Å². The molecule has 0 saturated heterocycles. The number of rotatable bonds is 2. The van der Waals surface area contributed by atoms with Crippen molar-refractivity contribution in [1.82, 2.24) is 14.5 Å². The van der Waals surface area contributed by atoms with Crippen molar-refractivity contribution in [1.29, 1.82) is 0 Å². The first-order chi connectivity index (χ1) is 10.7. The molecule has 23 heavy (non-hydrogen) atoms. The van der Waals surface area contributed by atoms with E-state index in [-0.39, 0.29) is 11.5 Å². The molecule has 0 N–H and O–H groups in total. The Morgan fingerprint density at radius 3 is 2.43 bits per heavy atom. The van der Waals surface area contributed by atoms with E-state index in [4.69, 9.17) is 21.0 Å². The molecular weight excluding hydrogens is 310 g/mol. The van der Waals surface area contributed by atoms with Gasteiger partial charge in [0.05, 0.1) is 16.8 Å². The van der Waals surface area contributed by atoms with Crippen LogP contribution in [-0.4, -0.2) is 14.5 Å². The first-order valence-corrected chi connectivity index (χ1v) is 8.22. The molecule has 3 rings (SSSR count). The lowest BCUT2D eigenvalue weighted by Crippen LogP contribution is -2.13. The summed E-state index contributed by atoms with van der Waals surface area (Å²) in [6.07, 6.45) is 0. The molecule has 2 aromatic heterocycles. The molecule has 2 heterocycles. The van der Waals surface area contributed by atoms with Crippen LogP contribution >= 0.6 is 11.6 Å². The fourth-order valence-corrected chi connectivity index (χ4v) is 3.33. The zero-order valence-electron chi connectivity index (χ0n) is 14.4. The Morgan fingerprint density at radius 1 is 1.17 bits per heavy atom. The number of fused-ring (bicyclic) bond motifs is 1. The normalized spacial score (nSPS) is 12.5. The van der Waals surface area contributed by atoms with Gasteiger partial charge in [-0.25, -0.2) is 9.97 Å². The number of halogens is 1. The van der Waals surface area contributed by atoms with E-state index in [1.165, 1.54) is 0 Å². The van der Waals surface area contributed by atoms with Crippen LogP contribution in [0.5, 0.6) is 0 Å². The minimum absolute atomic E-state index is 0.0608. The standard InChI is InChI=1S/C18H22ClN3O/c1-10(2)22-13-9-7-8-12(14(13)20-17(22)19)16-21-15(11(3)23-16)18(4,5)6/h7-10H,1-6H3. The number of para-hydroxylation sites is 1. The third-order valence-electron chi connectivity index (χ3n) is 3.93. The molecule has 0 bridgehead atoms. The van der Waals surface area contributed by atoms with Crippen molar-refractivity contribution in [2.45, 2.75) is 53.0 Å². The Balaban J connectivity index is 2.24. The van der Waals surface area contributed by atoms with Gasteiger partial charge in [-0.1, -0.05) is 26.8 Å². The zero-order chi connectivity index (χ0) is 16.9. The summed E-state index contributed by atoms with van der Waals surface area (Å²) < 4.78 is 7.96. The van der Waals surface area contributed by atoms with E-state index in [1.54, 1.807) is 0 Å². The number of imidazole rings is 1. The lowest BCUT2D eigenvalue weighted by Gasteiger charge is -2.14. The summed E-state index contributed by atoms with van der Waals surface area (Å²) in [7, 11) is 0. The van der Waals surface area contributed by atoms with E-state index in [2.05, 4.69) is 39.6 Å². The highest BCUT2D eigenvalue weighted by Crippen LogP contribution is 2.34. The second-order valence-electron chi connectivity index (χ2n) is 7.19. The summed E-state index contributed by atoms with van der Waals surface area (Å²) in [6, 6.07) is 6.23. The molecule has 0 aliphatic rings. The maximum atomic E-state index is 6.33. The van der Waals surface area contributed by atoms with Gasteiger partial charge in [0.2, 0.25) is 11.2 Å². The number of nitrogens with zero attached hydrogens (tertiary/aromatic N) is 3. The number of hydrogen-bond acceptors (Lipinski definition) is 3. The number of aromatic nitrogens is 3. The van der Waals surface area contributed by atoms with Gasteiger partial charge in [-0.3, -0.25) is 0 Å². The smallest absolute Gasteiger partial charge is 0.228 e. The highest BCUT2D eigenvalue weighted by Gasteiger charge is 2.24. The molecule has 0 aliphatic heterocycles. The lowest BCUT2D eigenvalue weighted by atomic mass is 9.91. The monoisotopic (exact) mass is 331 g/mol. The molecule has 5 heteroatoms. The van der Waals surface area contributed by atoms with Gasteiger partial charge in [0.15, 0.2) is 0 Å². The summed E-state index contributed by atoms with van der Waals surface area (Å²) in [5.41, 5.74) is 3.61. The Morgan fingerprint density at radius 2 is 1.87 bits per heavy atom. The summed E-state index contributed by atoms with van der Waals surface area (Å²) >= 11 is 6.33. The molecular formula is C18H22ClN3O. The van der Waals surface area contributed by atoms with Gasteiger partial charge in [-0.05, 0) is 44.5 Å². The number of benzene rings is 1. The lowest BCUT2D eigenvalue weighted by molar-refractivity contribution is 0.515. The van der Waals surface area contributed by atoms with E-state index in [0.29, 0.717) is 11.2 Å². The summed E-state index contributed by atoms with van der Waals surface area (Å²) in [4.78, 5) is 9.27. The first-order valence-electron chi connectivity index (χ1n) is 7.85. The molecule has 0 spiro atoms. The van der Waals surface area contributed by atoms with Crippen molar-refractivity contribution >= 4 is 22.6 Å². The Bertz CT molecular complexity index is 868. The molecule has 0 amide bonds. The topological polar surface area (TPSA) is 43.9 Å². The molecule has 4 nitrogen and oxygen atoms in total. The summed E-state index contributed by atoms with van der Waals surface area (Å²) in [5.74, 6) is 1.45. The van der Waals surface area contributed by atoms with E-state index < -0.39 is 0 Å². The highest BCUT2D eigenvalue weighted by molar-refractivity contribution is 6.29. The van der Waals surface area contributed by atoms with Gasteiger partial charge in [0, 0.05) is 11.5 Å². The van der Waals surface area contributed by atoms with E-state index in [1.807, 2.05) is 29.7 Å². The maximum Gasteiger partial charge on any atom is 0.228 e. The van der Waals surface area contributed by atoms with E-state index in [9.17, 15) is 0 Å². The number of aryl methyl sites for hydroxylation is 1. The average Bonchev–Trinajstić information content (AvgIpc) is 2.97. The zero-order valence-corrected chi connectivity index (χ0v) is 15.2. The van der Waals surface area contributed by atoms with Gasteiger partial charge in [0.25, 0.3) is 0 Å². The van der Waals surface area contributed by atoms with Crippen LogP contribution in [0.1, 0.15) is 52.1 Å². The Labute approximate surface area is 141 Å². The van der Waals surface area contributed by atoms with Crippen LogP contribution in [0.4, 0.5) is 0 Å². The molecule has 0 aliphatic carbocycles. The van der Waals surface area contributed by atoms with Crippen LogP contribution in [0.2, 0.25) is 5.28 Å². The molecule has 0 saturated carbocycles. The molecule has 3 aromatic rings. The first kappa shape index (κ1) is 16.1. The SMILES string of the molecule is Cc1oc(-c2cccc3c2nc(Cl)n3C(C)C)nc1C(C)(C)C. The molecule has 122 valence electrons.